The van der Waals surface area contributed by atoms with Crippen LogP contribution in [0.25, 0.3) is 11.1 Å². The molecule has 1 aromatic carbocycles. The van der Waals surface area contributed by atoms with E-state index in [4.69, 9.17) is 0 Å². The zero-order valence-electron chi connectivity index (χ0n) is 14.3. The second-order valence-corrected chi connectivity index (χ2v) is 6.05. The minimum Gasteiger partial charge on any atom is -0.307 e. The molecule has 1 N–H and O–H groups in total. The molecule has 25 heavy (non-hydrogen) atoms. The second kappa shape index (κ2) is 7.71. The number of rotatable bonds is 6. The predicted octanol–water partition coefficient (Wildman–Crippen LogP) is 4.73. The van der Waals surface area contributed by atoms with Gasteiger partial charge in [0.15, 0.2) is 0 Å². The molecule has 4 heteroatoms. The van der Waals surface area contributed by atoms with Gasteiger partial charge in [0.2, 0.25) is 0 Å². The van der Waals surface area contributed by atoms with E-state index in [9.17, 15) is 4.79 Å². The summed E-state index contributed by atoms with van der Waals surface area (Å²) in [5, 5.41) is 2.77. The molecular formula is C21H21N3O. The SMILES string of the molecule is C=N/C=C(\C=C/C)C(=O)Nc1ccc(-c2cccc(C3CC3)c2)cn1. The molecular weight excluding hydrogens is 310 g/mol. The number of nitrogens with one attached hydrogen (secondary N) is 1. The van der Waals surface area contributed by atoms with E-state index in [0.29, 0.717) is 11.4 Å². The fraction of sp³-hybridized carbons (Fsp3) is 0.190. The van der Waals surface area contributed by atoms with Gasteiger partial charge in [-0.3, -0.25) is 9.79 Å². The molecule has 126 valence electrons. The summed E-state index contributed by atoms with van der Waals surface area (Å²) in [7, 11) is 0. The standard InChI is InChI=1S/C21H21N3O/c1-3-5-19(13-22-2)21(25)24-20-11-10-18(14-23-20)17-7-4-6-16(12-17)15-8-9-15/h3-7,10-15H,2,8-9H2,1H3,(H,23,24,25)/b5-3-,19-13+. The van der Waals surface area contributed by atoms with Crippen LogP contribution in [0.15, 0.2) is 71.5 Å². The van der Waals surface area contributed by atoms with Gasteiger partial charge in [0.1, 0.15) is 5.82 Å². The number of carbonyl (C=O) groups excluding carboxylic acids is 1. The number of carbonyl (C=O) groups is 1. The lowest BCUT2D eigenvalue weighted by Gasteiger charge is -2.07. The summed E-state index contributed by atoms with van der Waals surface area (Å²) in [5.74, 6) is 0.967. The van der Waals surface area contributed by atoms with Crippen molar-refractivity contribution in [3.05, 3.63) is 72.1 Å². The molecule has 2 aromatic rings. The van der Waals surface area contributed by atoms with Crippen molar-refractivity contribution in [2.24, 2.45) is 4.99 Å². The molecule has 0 aliphatic heterocycles. The fourth-order valence-corrected chi connectivity index (χ4v) is 2.67. The van der Waals surface area contributed by atoms with E-state index in [1.54, 1.807) is 18.3 Å². The molecule has 0 bridgehead atoms. The van der Waals surface area contributed by atoms with Crippen LogP contribution in [0.1, 0.15) is 31.2 Å². The number of anilines is 1. The summed E-state index contributed by atoms with van der Waals surface area (Å²) in [5.41, 5.74) is 4.02. The lowest BCUT2D eigenvalue weighted by molar-refractivity contribution is -0.112. The van der Waals surface area contributed by atoms with Crippen LogP contribution >= 0.6 is 0 Å². The Labute approximate surface area is 148 Å². The number of benzene rings is 1. The molecule has 1 aliphatic carbocycles. The van der Waals surface area contributed by atoms with E-state index in [1.807, 2.05) is 19.1 Å². The Balaban J connectivity index is 1.74. The highest BCUT2D eigenvalue weighted by Gasteiger charge is 2.23. The van der Waals surface area contributed by atoms with E-state index < -0.39 is 0 Å². The molecule has 1 aliphatic rings. The highest BCUT2D eigenvalue weighted by atomic mass is 16.1. The van der Waals surface area contributed by atoms with Crippen LogP contribution in [0.4, 0.5) is 5.82 Å². The van der Waals surface area contributed by atoms with Gasteiger partial charge in [-0.2, -0.15) is 0 Å². The van der Waals surface area contributed by atoms with Gasteiger partial charge >= 0.3 is 0 Å². The minimum absolute atomic E-state index is 0.263. The van der Waals surface area contributed by atoms with Crippen molar-refractivity contribution in [2.75, 3.05) is 5.32 Å². The van der Waals surface area contributed by atoms with E-state index in [1.165, 1.54) is 24.6 Å². The van der Waals surface area contributed by atoms with E-state index in [0.717, 1.165) is 17.0 Å². The van der Waals surface area contributed by atoms with Crippen LogP contribution < -0.4 is 5.32 Å². The lowest BCUT2D eigenvalue weighted by atomic mass is 10.0. The number of amides is 1. The summed E-state index contributed by atoms with van der Waals surface area (Å²) in [6, 6.07) is 12.4. The van der Waals surface area contributed by atoms with Gasteiger partial charge in [0.25, 0.3) is 5.91 Å². The van der Waals surface area contributed by atoms with Crippen molar-refractivity contribution in [3.63, 3.8) is 0 Å². The molecule has 1 aromatic heterocycles. The smallest absolute Gasteiger partial charge is 0.258 e. The summed E-state index contributed by atoms with van der Waals surface area (Å²) >= 11 is 0. The topological polar surface area (TPSA) is 54.4 Å². The van der Waals surface area contributed by atoms with Crippen molar-refractivity contribution < 1.29 is 4.79 Å². The fourth-order valence-electron chi connectivity index (χ4n) is 2.67. The molecule has 1 heterocycles. The second-order valence-electron chi connectivity index (χ2n) is 6.05. The molecule has 4 nitrogen and oxygen atoms in total. The first-order valence-corrected chi connectivity index (χ1v) is 8.37. The molecule has 1 amide bonds. The highest BCUT2D eigenvalue weighted by Crippen LogP contribution is 2.41. The molecule has 0 unspecified atom stereocenters. The highest BCUT2D eigenvalue weighted by molar-refractivity contribution is 6.05. The number of aromatic nitrogens is 1. The number of allylic oxidation sites excluding steroid dienone is 1. The van der Waals surface area contributed by atoms with Crippen molar-refractivity contribution >= 4 is 18.4 Å². The zero-order chi connectivity index (χ0) is 17.6. The van der Waals surface area contributed by atoms with Gasteiger partial charge in [-0.25, -0.2) is 4.98 Å². The molecule has 1 fully saturated rings. The first-order valence-electron chi connectivity index (χ1n) is 8.37. The average molecular weight is 331 g/mol. The Kier molecular flexibility index (Phi) is 5.19. The van der Waals surface area contributed by atoms with Crippen LogP contribution in [0.5, 0.6) is 0 Å². The van der Waals surface area contributed by atoms with Gasteiger partial charge in [-0.15, -0.1) is 0 Å². The minimum atomic E-state index is -0.263. The van der Waals surface area contributed by atoms with Crippen LogP contribution in [-0.4, -0.2) is 17.6 Å². The number of pyridine rings is 1. The number of hydrogen-bond donors (Lipinski definition) is 1. The molecule has 0 radical (unpaired) electrons. The number of aliphatic imine (C=N–C) groups is 1. The van der Waals surface area contributed by atoms with Gasteiger partial charge in [-0.1, -0.05) is 36.4 Å². The predicted molar refractivity (Wildman–Crippen MR) is 103 cm³/mol. The van der Waals surface area contributed by atoms with Crippen molar-refractivity contribution in [1.29, 1.82) is 0 Å². The van der Waals surface area contributed by atoms with Crippen molar-refractivity contribution in [1.82, 2.24) is 4.98 Å². The third kappa shape index (κ3) is 4.29. The van der Waals surface area contributed by atoms with Crippen molar-refractivity contribution in [3.8, 4) is 11.1 Å². The Bertz CT molecular complexity index is 830. The molecule has 0 saturated heterocycles. The van der Waals surface area contributed by atoms with Crippen LogP contribution in [0.2, 0.25) is 0 Å². The largest absolute Gasteiger partial charge is 0.307 e. The maximum absolute atomic E-state index is 12.2. The van der Waals surface area contributed by atoms with Crippen LogP contribution in [0, 0.1) is 0 Å². The quantitative estimate of drug-likeness (QED) is 0.473. The maximum atomic E-state index is 12.2. The molecule has 0 spiro atoms. The summed E-state index contributed by atoms with van der Waals surface area (Å²) in [4.78, 5) is 20.2. The first-order chi connectivity index (χ1) is 12.2. The monoisotopic (exact) mass is 331 g/mol. The van der Waals surface area contributed by atoms with Gasteiger partial charge < -0.3 is 5.32 Å². The Hall–Kier alpha value is -3.01. The van der Waals surface area contributed by atoms with E-state index in [2.05, 4.69) is 46.3 Å². The van der Waals surface area contributed by atoms with Crippen LogP contribution in [0.3, 0.4) is 0 Å². The lowest BCUT2D eigenvalue weighted by Crippen LogP contribution is -2.14. The zero-order valence-corrected chi connectivity index (χ0v) is 14.3. The Morgan fingerprint density at radius 3 is 2.76 bits per heavy atom. The Morgan fingerprint density at radius 1 is 1.28 bits per heavy atom. The normalized spacial score (nSPS) is 14.5. The number of hydrogen-bond acceptors (Lipinski definition) is 3. The van der Waals surface area contributed by atoms with Gasteiger partial charge in [0, 0.05) is 18.0 Å². The molecule has 1 saturated carbocycles. The summed E-state index contributed by atoms with van der Waals surface area (Å²) in [6.07, 6.45) is 9.24. The summed E-state index contributed by atoms with van der Waals surface area (Å²) in [6.45, 7) is 5.23. The maximum Gasteiger partial charge on any atom is 0.258 e. The Morgan fingerprint density at radius 2 is 2.12 bits per heavy atom. The molecule has 3 rings (SSSR count). The van der Waals surface area contributed by atoms with Gasteiger partial charge in [0.05, 0.1) is 5.57 Å². The third-order valence-corrected chi connectivity index (χ3v) is 4.11. The first kappa shape index (κ1) is 16.8. The average Bonchev–Trinajstić information content (AvgIpc) is 3.47. The third-order valence-electron chi connectivity index (χ3n) is 4.11. The molecule has 0 atom stereocenters. The summed E-state index contributed by atoms with van der Waals surface area (Å²) < 4.78 is 0. The van der Waals surface area contributed by atoms with E-state index >= 15 is 0 Å². The van der Waals surface area contributed by atoms with Crippen molar-refractivity contribution in [2.45, 2.75) is 25.7 Å². The van der Waals surface area contributed by atoms with Crippen LogP contribution in [-0.2, 0) is 4.79 Å². The number of nitrogens with zero attached hydrogens (tertiary/aromatic N) is 2. The van der Waals surface area contributed by atoms with E-state index in [-0.39, 0.29) is 5.91 Å². The van der Waals surface area contributed by atoms with Gasteiger partial charge in [-0.05, 0) is 55.7 Å².